The fourth-order valence-electron chi connectivity index (χ4n) is 1.49. The van der Waals surface area contributed by atoms with E-state index >= 15 is 0 Å². The molecular weight excluding hydrogens is 224 g/mol. The van der Waals surface area contributed by atoms with Crippen LogP contribution >= 0.6 is 0 Å². The summed E-state index contributed by atoms with van der Waals surface area (Å²) < 4.78 is 10.1. The van der Waals surface area contributed by atoms with E-state index in [1.165, 1.54) is 0 Å². The van der Waals surface area contributed by atoms with Crippen LogP contribution in [-0.4, -0.2) is 36.5 Å². The van der Waals surface area contributed by atoms with Crippen molar-refractivity contribution in [2.24, 2.45) is 0 Å². The molecule has 0 aliphatic carbocycles. The number of carboxylic acids is 1. The van der Waals surface area contributed by atoms with Gasteiger partial charge in [-0.05, 0) is 11.1 Å². The van der Waals surface area contributed by atoms with Crippen molar-refractivity contribution in [2.75, 3.05) is 20.3 Å². The van der Waals surface area contributed by atoms with Gasteiger partial charge >= 0.3 is 5.97 Å². The normalized spacial score (nSPS) is 12.4. The van der Waals surface area contributed by atoms with Crippen LogP contribution in [0.4, 0.5) is 0 Å². The third kappa shape index (κ3) is 4.14. The Labute approximate surface area is 99.6 Å². The predicted octanol–water partition coefficient (Wildman–Crippen LogP) is 0.968. The lowest BCUT2D eigenvalue weighted by molar-refractivity contribution is -0.151. The Kier molecular flexibility index (Phi) is 5.62. The smallest absolute Gasteiger partial charge is 0.337 e. The van der Waals surface area contributed by atoms with Gasteiger partial charge in [-0.15, -0.1) is 0 Å². The third-order valence-corrected chi connectivity index (χ3v) is 2.16. The van der Waals surface area contributed by atoms with E-state index in [0.717, 1.165) is 5.56 Å². The fourth-order valence-corrected chi connectivity index (χ4v) is 1.49. The summed E-state index contributed by atoms with van der Waals surface area (Å²) in [6.07, 6.45) is -1.06. The maximum Gasteiger partial charge on any atom is 0.337 e. The van der Waals surface area contributed by atoms with Crippen molar-refractivity contribution in [2.45, 2.75) is 12.7 Å². The minimum absolute atomic E-state index is 0.00846. The molecule has 0 aliphatic heterocycles. The van der Waals surface area contributed by atoms with Gasteiger partial charge in [0, 0.05) is 7.11 Å². The Morgan fingerprint density at radius 1 is 1.47 bits per heavy atom. The molecule has 0 bridgehead atoms. The second-order valence-corrected chi connectivity index (χ2v) is 3.49. The van der Waals surface area contributed by atoms with Crippen molar-refractivity contribution in [1.82, 2.24) is 0 Å². The topological polar surface area (TPSA) is 76.0 Å². The van der Waals surface area contributed by atoms with E-state index in [2.05, 4.69) is 0 Å². The molecule has 5 heteroatoms. The molecular formula is C12H16O5. The lowest BCUT2D eigenvalue weighted by Crippen LogP contribution is -2.17. The molecule has 5 nitrogen and oxygen atoms in total. The second kappa shape index (κ2) is 7.01. The molecule has 0 amide bonds. The molecule has 0 saturated carbocycles. The number of carbonyl (C=O) groups is 1. The van der Waals surface area contributed by atoms with Crippen molar-refractivity contribution in [1.29, 1.82) is 0 Å². The van der Waals surface area contributed by atoms with Gasteiger partial charge in [-0.2, -0.15) is 0 Å². The number of hydrogen-bond donors (Lipinski definition) is 2. The van der Waals surface area contributed by atoms with Crippen molar-refractivity contribution >= 4 is 5.97 Å². The summed E-state index contributed by atoms with van der Waals surface area (Å²) in [6, 6.07) is 6.99. The molecule has 0 fully saturated rings. The summed E-state index contributed by atoms with van der Waals surface area (Å²) in [6.45, 7) is 0.202. The molecule has 0 aromatic heterocycles. The number of methoxy groups -OCH3 is 1. The van der Waals surface area contributed by atoms with Gasteiger partial charge in [0.25, 0.3) is 0 Å². The number of hydrogen-bond acceptors (Lipinski definition) is 4. The molecule has 0 radical (unpaired) electrons. The largest absolute Gasteiger partial charge is 0.479 e. The summed E-state index contributed by atoms with van der Waals surface area (Å²) in [5.41, 5.74) is 1.42. The maximum absolute atomic E-state index is 11.0. The molecule has 0 saturated heterocycles. The minimum Gasteiger partial charge on any atom is -0.479 e. The number of aliphatic hydroxyl groups is 1. The first-order valence-electron chi connectivity index (χ1n) is 5.22. The van der Waals surface area contributed by atoms with Crippen LogP contribution in [0.5, 0.6) is 0 Å². The van der Waals surface area contributed by atoms with E-state index < -0.39 is 12.1 Å². The summed E-state index contributed by atoms with van der Waals surface area (Å²) in [7, 11) is 1.57. The molecule has 17 heavy (non-hydrogen) atoms. The number of aliphatic carboxylic acids is 1. The molecule has 1 unspecified atom stereocenters. The fraction of sp³-hybridized carbons (Fsp3) is 0.417. The van der Waals surface area contributed by atoms with Crippen LogP contribution < -0.4 is 0 Å². The van der Waals surface area contributed by atoms with Crippen LogP contribution in [0.25, 0.3) is 0 Å². The standard InChI is InChI=1S/C12H16O5/c1-16-8-9-3-2-4-10(7-9)11(12(14)15)17-6-5-13/h2-4,7,11,13H,5-6,8H2,1H3,(H,14,15). The SMILES string of the molecule is COCc1cccc(C(OCCO)C(=O)O)c1. The van der Waals surface area contributed by atoms with Gasteiger partial charge in [-0.1, -0.05) is 24.3 Å². The number of rotatable bonds is 7. The van der Waals surface area contributed by atoms with Gasteiger partial charge in [0.05, 0.1) is 19.8 Å². The first-order valence-corrected chi connectivity index (χ1v) is 5.22. The summed E-state index contributed by atoms with van der Waals surface area (Å²) in [4.78, 5) is 11.0. The summed E-state index contributed by atoms with van der Waals surface area (Å²) in [5.74, 6) is -1.08. The van der Waals surface area contributed by atoms with Crippen molar-refractivity contribution < 1.29 is 24.5 Å². The van der Waals surface area contributed by atoms with E-state index in [9.17, 15) is 4.79 Å². The highest BCUT2D eigenvalue weighted by Gasteiger charge is 2.20. The maximum atomic E-state index is 11.0. The summed E-state index contributed by atoms with van der Waals surface area (Å²) in [5, 5.41) is 17.7. The highest BCUT2D eigenvalue weighted by Crippen LogP contribution is 2.19. The predicted molar refractivity (Wildman–Crippen MR) is 60.6 cm³/mol. The first-order chi connectivity index (χ1) is 8.19. The number of benzene rings is 1. The molecule has 1 aromatic carbocycles. The zero-order valence-corrected chi connectivity index (χ0v) is 9.63. The third-order valence-electron chi connectivity index (χ3n) is 2.16. The molecule has 0 aliphatic rings. The highest BCUT2D eigenvalue weighted by molar-refractivity contribution is 5.74. The molecule has 1 atom stereocenters. The first kappa shape index (κ1) is 13.6. The minimum atomic E-state index is -1.08. The van der Waals surface area contributed by atoms with E-state index in [1.54, 1.807) is 25.3 Å². The number of aliphatic hydroxyl groups excluding tert-OH is 1. The molecule has 0 spiro atoms. The average molecular weight is 240 g/mol. The molecule has 0 heterocycles. The van der Waals surface area contributed by atoms with Gasteiger partial charge in [-0.25, -0.2) is 4.79 Å². The van der Waals surface area contributed by atoms with Crippen LogP contribution in [0.15, 0.2) is 24.3 Å². The molecule has 1 aromatic rings. The molecule has 1 rings (SSSR count). The second-order valence-electron chi connectivity index (χ2n) is 3.49. The molecule has 94 valence electrons. The molecule has 2 N–H and O–H groups in total. The monoisotopic (exact) mass is 240 g/mol. The van der Waals surface area contributed by atoms with Crippen LogP contribution in [0, 0.1) is 0 Å². The van der Waals surface area contributed by atoms with Gasteiger partial charge in [0.2, 0.25) is 0 Å². The Morgan fingerprint density at radius 3 is 2.82 bits per heavy atom. The van der Waals surface area contributed by atoms with Crippen molar-refractivity contribution in [3.8, 4) is 0 Å². The van der Waals surface area contributed by atoms with E-state index in [4.69, 9.17) is 19.7 Å². The van der Waals surface area contributed by atoms with Crippen LogP contribution in [-0.2, 0) is 20.9 Å². The van der Waals surface area contributed by atoms with Crippen LogP contribution in [0.3, 0.4) is 0 Å². The lowest BCUT2D eigenvalue weighted by Gasteiger charge is -2.14. The quantitative estimate of drug-likeness (QED) is 0.742. The van der Waals surface area contributed by atoms with Gasteiger partial charge in [0.1, 0.15) is 0 Å². The van der Waals surface area contributed by atoms with Crippen LogP contribution in [0.1, 0.15) is 17.2 Å². The van der Waals surface area contributed by atoms with Crippen LogP contribution in [0.2, 0.25) is 0 Å². The van der Waals surface area contributed by atoms with Gasteiger partial charge in [-0.3, -0.25) is 0 Å². The average Bonchev–Trinajstić information content (AvgIpc) is 2.30. The van der Waals surface area contributed by atoms with Crippen molar-refractivity contribution in [3.63, 3.8) is 0 Å². The van der Waals surface area contributed by atoms with Gasteiger partial charge in [0.15, 0.2) is 6.10 Å². The number of carboxylic acid groups (broad SMARTS) is 1. The Hall–Kier alpha value is -1.43. The lowest BCUT2D eigenvalue weighted by atomic mass is 10.1. The highest BCUT2D eigenvalue weighted by atomic mass is 16.5. The Bertz CT molecular complexity index is 364. The van der Waals surface area contributed by atoms with E-state index in [0.29, 0.717) is 12.2 Å². The zero-order chi connectivity index (χ0) is 12.7. The van der Waals surface area contributed by atoms with Crippen molar-refractivity contribution in [3.05, 3.63) is 35.4 Å². The van der Waals surface area contributed by atoms with Gasteiger partial charge < -0.3 is 19.7 Å². The number of ether oxygens (including phenoxy) is 2. The zero-order valence-electron chi connectivity index (χ0n) is 9.63. The Morgan fingerprint density at radius 2 is 2.24 bits per heavy atom. The summed E-state index contributed by atoms with van der Waals surface area (Å²) >= 11 is 0. The Balaban J connectivity index is 2.85. The van der Waals surface area contributed by atoms with E-state index in [-0.39, 0.29) is 13.2 Å². The van der Waals surface area contributed by atoms with E-state index in [1.807, 2.05) is 6.07 Å².